The lowest BCUT2D eigenvalue weighted by Crippen LogP contribution is -2.29. The second-order valence-electron chi connectivity index (χ2n) is 2.91. The average molecular weight is 198 g/mol. The summed E-state index contributed by atoms with van der Waals surface area (Å²) in [7, 11) is 3.36. The molecular weight excluding hydrogens is 184 g/mol. The maximum absolute atomic E-state index is 11.6. The molecule has 0 aliphatic carbocycles. The Morgan fingerprint density at radius 2 is 2.50 bits per heavy atom. The number of H-pyrrole nitrogens is 1. The molecule has 0 aliphatic heterocycles. The first kappa shape index (κ1) is 10.6. The highest BCUT2D eigenvalue weighted by atomic mass is 16.5. The van der Waals surface area contributed by atoms with Gasteiger partial charge < -0.3 is 9.64 Å². The van der Waals surface area contributed by atoms with Crippen LogP contribution in [0.15, 0.2) is 6.33 Å². The standard InChI is InChI=1S/C8H14N4O2/c1-12(4-3-5-14-2)8(13)7-9-6-10-11-7/h6H,3-5H2,1-2H3,(H,9,10,11). The van der Waals surface area contributed by atoms with Crippen LogP contribution in [-0.4, -0.2) is 53.3 Å². The molecule has 0 aliphatic rings. The molecule has 6 nitrogen and oxygen atoms in total. The molecule has 0 bridgehead atoms. The van der Waals surface area contributed by atoms with E-state index in [0.717, 1.165) is 6.42 Å². The third kappa shape index (κ3) is 2.81. The predicted octanol–water partition coefficient (Wildman–Crippen LogP) is -0.0868. The normalized spacial score (nSPS) is 10.1. The maximum atomic E-state index is 11.6. The molecule has 1 aromatic heterocycles. The van der Waals surface area contributed by atoms with Crippen LogP contribution in [0.1, 0.15) is 17.0 Å². The van der Waals surface area contributed by atoms with E-state index in [1.54, 1.807) is 19.1 Å². The number of hydrogen-bond acceptors (Lipinski definition) is 4. The largest absolute Gasteiger partial charge is 0.385 e. The van der Waals surface area contributed by atoms with Gasteiger partial charge in [-0.3, -0.25) is 9.89 Å². The second kappa shape index (κ2) is 5.33. The first-order chi connectivity index (χ1) is 6.75. The van der Waals surface area contributed by atoms with Crippen LogP contribution in [0.4, 0.5) is 0 Å². The SMILES string of the molecule is COCCCN(C)C(=O)c1ncn[nH]1. The average Bonchev–Trinajstić information content (AvgIpc) is 2.69. The molecule has 0 unspecified atom stereocenters. The number of hydrogen-bond donors (Lipinski definition) is 1. The molecule has 0 atom stereocenters. The zero-order chi connectivity index (χ0) is 10.4. The number of rotatable bonds is 5. The Labute approximate surface area is 82.3 Å². The van der Waals surface area contributed by atoms with Crippen LogP contribution in [0.5, 0.6) is 0 Å². The van der Waals surface area contributed by atoms with Crippen molar-refractivity contribution in [3.63, 3.8) is 0 Å². The van der Waals surface area contributed by atoms with Gasteiger partial charge in [0.15, 0.2) is 0 Å². The minimum absolute atomic E-state index is 0.154. The molecule has 6 heteroatoms. The monoisotopic (exact) mass is 198 g/mol. The van der Waals surface area contributed by atoms with Gasteiger partial charge >= 0.3 is 0 Å². The minimum atomic E-state index is -0.154. The number of aromatic nitrogens is 3. The van der Waals surface area contributed by atoms with Gasteiger partial charge in [-0.2, -0.15) is 5.10 Å². The molecule has 1 rings (SSSR count). The van der Waals surface area contributed by atoms with E-state index in [2.05, 4.69) is 15.2 Å². The summed E-state index contributed by atoms with van der Waals surface area (Å²) in [6.45, 7) is 1.29. The van der Waals surface area contributed by atoms with Crippen molar-refractivity contribution in [1.82, 2.24) is 20.1 Å². The van der Waals surface area contributed by atoms with Gasteiger partial charge in [-0.1, -0.05) is 0 Å². The topological polar surface area (TPSA) is 71.1 Å². The summed E-state index contributed by atoms with van der Waals surface area (Å²) in [6, 6.07) is 0. The highest BCUT2D eigenvalue weighted by Crippen LogP contribution is 1.96. The number of nitrogens with zero attached hydrogens (tertiary/aromatic N) is 3. The molecule has 0 radical (unpaired) electrons. The summed E-state index contributed by atoms with van der Waals surface area (Å²) in [5.41, 5.74) is 0. The van der Waals surface area contributed by atoms with Crippen LogP contribution >= 0.6 is 0 Å². The van der Waals surface area contributed by atoms with Crippen molar-refractivity contribution in [2.24, 2.45) is 0 Å². The summed E-state index contributed by atoms with van der Waals surface area (Å²) in [5.74, 6) is 0.114. The Bertz CT molecular complexity index is 273. The lowest BCUT2D eigenvalue weighted by molar-refractivity contribution is 0.0768. The van der Waals surface area contributed by atoms with Crippen molar-refractivity contribution in [2.45, 2.75) is 6.42 Å². The van der Waals surface area contributed by atoms with Crippen LogP contribution in [0, 0.1) is 0 Å². The fraction of sp³-hybridized carbons (Fsp3) is 0.625. The van der Waals surface area contributed by atoms with Crippen molar-refractivity contribution in [2.75, 3.05) is 27.3 Å². The first-order valence-electron chi connectivity index (χ1n) is 4.35. The van der Waals surface area contributed by atoms with Crippen molar-refractivity contribution in [3.8, 4) is 0 Å². The highest BCUT2D eigenvalue weighted by molar-refractivity contribution is 5.90. The van der Waals surface area contributed by atoms with E-state index < -0.39 is 0 Å². The zero-order valence-electron chi connectivity index (χ0n) is 8.36. The van der Waals surface area contributed by atoms with E-state index >= 15 is 0 Å². The second-order valence-corrected chi connectivity index (χ2v) is 2.91. The number of carbonyl (C=O) groups excluding carboxylic acids is 1. The Morgan fingerprint density at radius 3 is 3.07 bits per heavy atom. The van der Waals surface area contributed by atoms with Gasteiger partial charge in [0, 0.05) is 27.3 Å². The number of nitrogens with one attached hydrogen (secondary N) is 1. The van der Waals surface area contributed by atoms with Crippen LogP contribution in [-0.2, 0) is 4.74 Å². The highest BCUT2D eigenvalue weighted by Gasteiger charge is 2.13. The molecule has 78 valence electrons. The van der Waals surface area contributed by atoms with Gasteiger partial charge in [-0.05, 0) is 6.42 Å². The van der Waals surface area contributed by atoms with E-state index in [9.17, 15) is 4.79 Å². The summed E-state index contributed by atoms with van der Waals surface area (Å²) in [6.07, 6.45) is 2.13. The van der Waals surface area contributed by atoms with E-state index in [4.69, 9.17) is 4.74 Å². The van der Waals surface area contributed by atoms with Crippen molar-refractivity contribution in [1.29, 1.82) is 0 Å². The van der Waals surface area contributed by atoms with Crippen LogP contribution in [0.25, 0.3) is 0 Å². The molecular formula is C8H14N4O2. The molecule has 1 heterocycles. The lowest BCUT2D eigenvalue weighted by Gasteiger charge is -2.14. The maximum Gasteiger partial charge on any atom is 0.290 e. The number of aromatic amines is 1. The van der Waals surface area contributed by atoms with E-state index in [1.807, 2.05) is 0 Å². The fourth-order valence-corrected chi connectivity index (χ4v) is 1.04. The van der Waals surface area contributed by atoms with Gasteiger partial charge in [0.25, 0.3) is 5.91 Å². The number of amides is 1. The number of methoxy groups -OCH3 is 1. The van der Waals surface area contributed by atoms with Gasteiger partial charge in [0.05, 0.1) is 0 Å². The first-order valence-corrected chi connectivity index (χ1v) is 4.35. The Morgan fingerprint density at radius 1 is 1.71 bits per heavy atom. The van der Waals surface area contributed by atoms with Crippen LogP contribution in [0.2, 0.25) is 0 Å². The minimum Gasteiger partial charge on any atom is -0.385 e. The summed E-state index contributed by atoms with van der Waals surface area (Å²) in [5, 5.41) is 6.14. The molecule has 0 saturated carbocycles. The summed E-state index contributed by atoms with van der Waals surface area (Å²) < 4.78 is 4.89. The quantitative estimate of drug-likeness (QED) is 0.671. The third-order valence-electron chi connectivity index (χ3n) is 1.81. The molecule has 0 spiro atoms. The van der Waals surface area contributed by atoms with Crippen LogP contribution in [0.3, 0.4) is 0 Å². The molecule has 1 amide bonds. The molecule has 0 aromatic carbocycles. The van der Waals surface area contributed by atoms with E-state index in [-0.39, 0.29) is 11.7 Å². The van der Waals surface area contributed by atoms with E-state index in [0.29, 0.717) is 13.2 Å². The Kier molecular flexibility index (Phi) is 4.06. The third-order valence-corrected chi connectivity index (χ3v) is 1.81. The van der Waals surface area contributed by atoms with Gasteiger partial charge in [-0.25, -0.2) is 4.98 Å². The Balaban J connectivity index is 2.37. The van der Waals surface area contributed by atoms with Crippen molar-refractivity contribution >= 4 is 5.91 Å². The van der Waals surface area contributed by atoms with Crippen LogP contribution < -0.4 is 0 Å². The number of carbonyl (C=O) groups is 1. The smallest absolute Gasteiger partial charge is 0.290 e. The molecule has 0 saturated heterocycles. The summed E-state index contributed by atoms with van der Waals surface area (Å²) >= 11 is 0. The lowest BCUT2D eigenvalue weighted by atomic mass is 10.4. The Hall–Kier alpha value is -1.43. The van der Waals surface area contributed by atoms with E-state index in [1.165, 1.54) is 6.33 Å². The van der Waals surface area contributed by atoms with Crippen molar-refractivity contribution in [3.05, 3.63) is 12.2 Å². The molecule has 1 N–H and O–H groups in total. The molecule has 0 fully saturated rings. The van der Waals surface area contributed by atoms with Crippen molar-refractivity contribution < 1.29 is 9.53 Å². The number of ether oxygens (including phenoxy) is 1. The van der Waals surface area contributed by atoms with Gasteiger partial charge in [0.1, 0.15) is 6.33 Å². The zero-order valence-corrected chi connectivity index (χ0v) is 8.36. The van der Waals surface area contributed by atoms with Gasteiger partial charge in [0.2, 0.25) is 5.82 Å². The predicted molar refractivity (Wildman–Crippen MR) is 49.8 cm³/mol. The summed E-state index contributed by atoms with van der Waals surface area (Å²) in [4.78, 5) is 16.9. The fourth-order valence-electron chi connectivity index (χ4n) is 1.04. The van der Waals surface area contributed by atoms with Gasteiger partial charge in [-0.15, -0.1) is 0 Å². The molecule has 1 aromatic rings. The molecule has 14 heavy (non-hydrogen) atoms.